The van der Waals surface area contributed by atoms with Crippen LogP contribution in [0.3, 0.4) is 0 Å². The molecule has 2 aromatic rings. The molecule has 0 aromatic heterocycles. The van der Waals surface area contributed by atoms with E-state index < -0.39 is 0 Å². The van der Waals surface area contributed by atoms with Gasteiger partial charge in [-0.25, -0.2) is 0 Å². The van der Waals surface area contributed by atoms with Crippen LogP contribution < -0.4 is 10.5 Å². The lowest BCUT2D eigenvalue weighted by Crippen LogP contribution is -1.96. The van der Waals surface area contributed by atoms with Crippen molar-refractivity contribution in [2.24, 2.45) is 0 Å². The summed E-state index contributed by atoms with van der Waals surface area (Å²) < 4.78 is 5.59. The molecular formula is C13H13NO. The Hall–Kier alpha value is -1.96. The highest BCUT2D eigenvalue weighted by molar-refractivity contribution is 5.40. The molecule has 0 spiro atoms. The van der Waals surface area contributed by atoms with Gasteiger partial charge in [-0.3, -0.25) is 0 Å². The first kappa shape index (κ1) is 9.59. The molecule has 0 aliphatic heterocycles. The van der Waals surface area contributed by atoms with Crippen LogP contribution in [0.15, 0.2) is 54.6 Å². The minimum absolute atomic E-state index is 0.551. The highest BCUT2D eigenvalue weighted by atomic mass is 16.5. The van der Waals surface area contributed by atoms with Crippen molar-refractivity contribution < 1.29 is 4.74 Å². The average molecular weight is 199 g/mol. The van der Waals surface area contributed by atoms with Crippen LogP contribution in [0.5, 0.6) is 5.75 Å². The smallest absolute Gasteiger partial charge is 0.119 e. The summed E-state index contributed by atoms with van der Waals surface area (Å²) in [5, 5.41) is 0. The fourth-order valence-electron chi connectivity index (χ4n) is 1.37. The quantitative estimate of drug-likeness (QED) is 0.771. The van der Waals surface area contributed by atoms with Crippen molar-refractivity contribution in [1.82, 2.24) is 0 Å². The lowest BCUT2D eigenvalue weighted by molar-refractivity contribution is 0.306. The summed E-state index contributed by atoms with van der Waals surface area (Å²) in [5.41, 5.74) is 7.52. The van der Waals surface area contributed by atoms with Crippen LogP contribution >= 0.6 is 0 Å². The molecule has 0 aliphatic rings. The van der Waals surface area contributed by atoms with Crippen molar-refractivity contribution in [3.63, 3.8) is 0 Å². The van der Waals surface area contributed by atoms with Crippen molar-refractivity contribution in [2.45, 2.75) is 6.61 Å². The first-order valence-corrected chi connectivity index (χ1v) is 4.87. The van der Waals surface area contributed by atoms with Crippen molar-refractivity contribution in [3.8, 4) is 5.75 Å². The SMILES string of the molecule is Nc1cccc(COc2ccccc2)c1. The summed E-state index contributed by atoms with van der Waals surface area (Å²) in [6.45, 7) is 0.551. The molecule has 2 aromatic carbocycles. The number of anilines is 1. The number of rotatable bonds is 3. The molecule has 0 amide bonds. The Morgan fingerprint density at radius 2 is 1.73 bits per heavy atom. The van der Waals surface area contributed by atoms with Gasteiger partial charge in [0.2, 0.25) is 0 Å². The number of nitrogens with two attached hydrogens (primary N) is 1. The van der Waals surface area contributed by atoms with E-state index in [0.717, 1.165) is 17.0 Å². The maximum absolute atomic E-state index is 5.67. The zero-order valence-corrected chi connectivity index (χ0v) is 8.39. The van der Waals surface area contributed by atoms with Crippen LogP contribution in [-0.2, 0) is 6.61 Å². The van der Waals surface area contributed by atoms with Crippen LogP contribution in [0.1, 0.15) is 5.56 Å². The van der Waals surface area contributed by atoms with E-state index in [1.165, 1.54) is 0 Å². The molecule has 0 aliphatic carbocycles. The molecule has 2 rings (SSSR count). The number of nitrogen functional groups attached to an aromatic ring is 1. The molecule has 15 heavy (non-hydrogen) atoms. The van der Waals surface area contributed by atoms with Gasteiger partial charge in [0.15, 0.2) is 0 Å². The van der Waals surface area contributed by atoms with Crippen molar-refractivity contribution >= 4 is 5.69 Å². The van der Waals surface area contributed by atoms with E-state index in [2.05, 4.69) is 0 Å². The normalized spacial score (nSPS) is 9.87. The Kier molecular flexibility index (Phi) is 2.88. The molecule has 0 saturated heterocycles. The van der Waals surface area contributed by atoms with Gasteiger partial charge in [0.25, 0.3) is 0 Å². The van der Waals surface area contributed by atoms with Gasteiger partial charge in [0, 0.05) is 5.69 Å². The first-order chi connectivity index (χ1) is 7.34. The van der Waals surface area contributed by atoms with Crippen molar-refractivity contribution in [1.29, 1.82) is 0 Å². The molecule has 2 nitrogen and oxygen atoms in total. The van der Waals surface area contributed by atoms with Gasteiger partial charge in [0.05, 0.1) is 0 Å². The minimum atomic E-state index is 0.551. The topological polar surface area (TPSA) is 35.2 Å². The van der Waals surface area contributed by atoms with Gasteiger partial charge >= 0.3 is 0 Å². The predicted molar refractivity (Wildman–Crippen MR) is 61.6 cm³/mol. The number of benzene rings is 2. The number of para-hydroxylation sites is 1. The molecule has 2 N–H and O–H groups in total. The van der Waals surface area contributed by atoms with Gasteiger partial charge in [-0.05, 0) is 29.8 Å². The molecule has 0 saturated carbocycles. The lowest BCUT2D eigenvalue weighted by Gasteiger charge is -2.06. The molecule has 0 radical (unpaired) electrons. The lowest BCUT2D eigenvalue weighted by atomic mass is 10.2. The van der Waals surface area contributed by atoms with E-state index in [4.69, 9.17) is 10.5 Å². The van der Waals surface area contributed by atoms with Crippen LogP contribution in [-0.4, -0.2) is 0 Å². The second kappa shape index (κ2) is 4.51. The Morgan fingerprint density at radius 1 is 0.933 bits per heavy atom. The van der Waals surface area contributed by atoms with Crippen molar-refractivity contribution in [2.75, 3.05) is 5.73 Å². The van der Waals surface area contributed by atoms with Crippen molar-refractivity contribution in [3.05, 3.63) is 60.2 Å². The van der Waals surface area contributed by atoms with E-state index in [1.807, 2.05) is 54.6 Å². The van der Waals surface area contributed by atoms with Crippen LogP contribution in [0.4, 0.5) is 5.69 Å². The van der Waals surface area contributed by atoms with Gasteiger partial charge in [-0.15, -0.1) is 0 Å². The van der Waals surface area contributed by atoms with Gasteiger partial charge in [-0.1, -0.05) is 30.3 Å². The maximum Gasteiger partial charge on any atom is 0.119 e. The summed E-state index contributed by atoms with van der Waals surface area (Å²) in [6.07, 6.45) is 0. The zero-order valence-electron chi connectivity index (χ0n) is 8.39. The Morgan fingerprint density at radius 3 is 2.47 bits per heavy atom. The van der Waals surface area contributed by atoms with E-state index in [0.29, 0.717) is 6.61 Å². The molecule has 0 bridgehead atoms. The highest BCUT2D eigenvalue weighted by Gasteiger charge is 1.95. The fourth-order valence-corrected chi connectivity index (χ4v) is 1.37. The second-order valence-corrected chi connectivity index (χ2v) is 3.35. The van der Waals surface area contributed by atoms with Crippen LogP contribution in [0, 0.1) is 0 Å². The van der Waals surface area contributed by atoms with E-state index in [-0.39, 0.29) is 0 Å². The Labute approximate surface area is 89.3 Å². The zero-order chi connectivity index (χ0) is 10.5. The number of hydrogen-bond donors (Lipinski definition) is 1. The molecule has 2 heteroatoms. The Balaban J connectivity index is 1.99. The third kappa shape index (κ3) is 2.74. The minimum Gasteiger partial charge on any atom is -0.489 e. The fraction of sp³-hybridized carbons (Fsp3) is 0.0769. The molecule has 0 atom stereocenters. The summed E-state index contributed by atoms with van der Waals surface area (Å²) in [4.78, 5) is 0. The monoisotopic (exact) mass is 199 g/mol. The standard InChI is InChI=1S/C13H13NO/c14-12-6-4-5-11(9-12)10-15-13-7-2-1-3-8-13/h1-9H,10,14H2. The second-order valence-electron chi connectivity index (χ2n) is 3.35. The molecule has 76 valence electrons. The first-order valence-electron chi connectivity index (χ1n) is 4.87. The molecular weight excluding hydrogens is 186 g/mol. The van der Waals surface area contributed by atoms with Crippen LogP contribution in [0.2, 0.25) is 0 Å². The molecule has 0 fully saturated rings. The number of hydrogen-bond acceptors (Lipinski definition) is 2. The van der Waals surface area contributed by atoms with Gasteiger partial charge in [0.1, 0.15) is 12.4 Å². The Bertz CT molecular complexity index is 426. The summed E-state index contributed by atoms with van der Waals surface area (Å²) in [5.74, 6) is 0.875. The van der Waals surface area contributed by atoms with Gasteiger partial charge < -0.3 is 10.5 Å². The third-order valence-corrected chi connectivity index (χ3v) is 2.10. The van der Waals surface area contributed by atoms with E-state index in [9.17, 15) is 0 Å². The highest BCUT2D eigenvalue weighted by Crippen LogP contribution is 2.12. The maximum atomic E-state index is 5.67. The number of ether oxygens (including phenoxy) is 1. The summed E-state index contributed by atoms with van der Waals surface area (Å²) in [6, 6.07) is 17.5. The van der Waals surface area contributed by atoms with E-state index in [1.54, 1.807) is 0 Å². The largest absolute Gasteiger partial charge is 0.489 e. The molecule has 0 unspecified atom stereocenters. The summed E-state index contributed by atoms with van der Waals surface area (Å²) >= 11 is 0. The molecule has 0 heterocycles. The average Bonchev–Trinajstić information content (AvgIpc) is 2.28. The third-order valence-electron chi connectivity index (χ3n) is 2.10. The van der Waals surface area contributed by atoms with Crippen LogP contribution in [0.25, 0.3) is 0 Å². The summed E-state index contributed by atoms with van der Waals surface area (Å²) in [7, 11) is 0. The van der Waals surface area contributed by atoms with E-state index >= 15 is 0 Å². The van der Waals surface area contributed by atoms with Gasteiger partial charge in [-0.2, -0.15) is 0 Å². The predicted octanol–water partition coefficient (Wildman–Crippen LogP) is 2.85.